The van der Waals surface area contributed by atoms with Crippen LogP contribution < -0.4 is 4.42 Å². The number of anilines is 1. The van der Waals surface area contributed by atoms with Crippen molar-refractivity contribution in [2.75, 3.05) is 24.1 Å². The number of fused-ring (bicyclic) bond motifs is 2. The van der Waals surface area contributed by atoms with Gasteiger partial charge in [0.15, 0.2) is 5.58 Å². The largest absolute Gasteiger partial charge is 0.481 e. The number of aliphatic hydroxyl groups is 1. The maximum Gasteiger partial charge on any atom is 0.308 e. The predicted octanol–water partition coefficient (Wildman–Crippen LogP) is 6.83. The van der Waals surface area contributed by atoms with Gasteiger partial charge in [-0.15, -0.1) is 0 Å². The molecule has 2 N–H and O–H groups in total. The van der Waals surface area contributed by atoms with Crippen LogP contribution in [0, 0.1) is 24.2 Å². The third-order valence-corrected chi connectivity index (χ3v) is 12.1. The number of carbonyl (C=O) groups excluding carboxylic acids is 1. The summed E-state index contributed by atoms with van der Waals surface area (Å²) < 4.78 is 9.22. The topological polar surface area (TPSA) is 152 Å². The molecule has 5 aromatic rings. The highest BCUT2D eigenvalue weighted by Gasteiger charge is 2.33. The zero-order valence-electron chi connectivity index (χ0n) is 31.0. The van der Waals surface area contributed by atoms with Crippen LogP contribution in [0.25, 0.3) is 33.7 Å². The molecule has 1 saturated heterocycles. The number of hydrogen-bond acceptors (Lipinski definition) is 9. The summed E-state index contributed by atoms with van der Waals surface area (Å²) in [6, 6.07) is 19.7. The lowest BCUT2D eigenvalue weighted by atomic mass is 9.96. The molecule has 8 rings (SSSR count). The van der Waals surface area contributed by atoms with E-state index in [0.29, 0.717) is 60.3 Å². The van der Waals surface area contributed by atoms with Crippen LogP contribution in [0.1, 0.15) is 77.2 Å². The average Bonchev–Trinajstić information content (AvgIpc) is 3.83. The number of halogens is 1. The van der Waals surface area contributed by atoms with Crippen LogP contribution in [0.4, 0.5) is 5.69 Å². The number of hydrogen-bond donors (Lipinski definition) is 2. The van der Waals surface area contributed by atoms with Crippen molar-refractivity contribution >= 4 is 40.4 Å². The normalized spacial score (nSPS) is 20.6. The van der Waals surface area contributed by atoms with Gasteiger partial charge >= 0.3 is 11.9 Å². The van der Waals surface area contributed by atoms with Crippen LogP contribution in [0.2, 0.25) is 0 Å². The highest BCUT2D eigenvalue weighted by Crippen LogP contribution is 2.36. The third-order valence-electron chi connectivity index (χ3n) is 11.7. The number of imidazole rings is 1. The monoisotopic (exact) mass is 761 g/mol. The number of aliphatic hydroxyl groups excluding tert-OH is 1. The average molecular weight is 762 g/mol. The fraction of sp³-hybridized carbons (Fsp3) is 0.405. The van der Waals surface area contributed by atoms with Crippen molar-refractivity contribution in [3.63, 3.8) is 0 Å². The second-order valence-electron chi connectivity index (χ2n) is 15.2. The first-order valence-corrected chi connectivity index (χ1v) is 19.4. The van der Waals surface area contributed by atoms with E-state index in [1.54, 1.807) is 6.07 Å². The Labute approximate surface area is 324 Å². The molecule has 2 aromatic heterocycles. The van der Waals surface area contributed by atoms with E-state index in [0.717, 1.165) is 95.2 Å². The van der Waals surface area contributed by atoms with Gasteiger partial charge in [0.1, 0.15) is 11.6 Å². The summed E-state index contributed by atoms with van der Waals surface area (Å²) in [4.78, 5) is 39.7. The first kappa shape index (κ1) is 36.9. The number of aliphatic carboxylic acids is 1. The lowest BCUT2D eigenvalue weighted by Crippen LogP contribution is -2.39. The number of likely N-dealkylation sites (tertiary alicyclic amines) is 1. The zero-order chi connectivity index (χ0) is 38.4. The molecule has 3 atom stereocenters. The Morgan fingerprint density at radius 3 is 2.64 bits per heavy atom. The van der Waals surface area contributed by atoms with E-state index in [2.05, 4.69) is 15.9 Å². The Morgan fingerprint density at radius 2 is 1.85 bits per heavy atom. The van der Waals surface area contributed by atoms with Crippen molar-refractivity contribution in [3.05, 3.63) is 88.5 Å². The number of nitriles is 1. The van der Waals surface area contributed by atoms with Gasteiger partial charge in [-0.1, -0.05) is 30.7 Å². The van der Waals surface area contributed by atoms with Gasteiger partial charge in [-0.25, -0.2) is 14.4 Å². The third kappa shape index (κ3) is 7.25. The minimum Gasteiger partial charge on any atom is -0.481 e. The van der Waals surface area contributed by atoms with Crippen LogP contribution in [-0.2, 0) is 31.4 Å². The number of oxazole rings is 1. The van der Waals surface area contributed by atoms with Crippen LogP contribution in [0.5, 0.6) is 0 Å². The first-order chi connectivity index (χ1) is 26.6. The van der Waals surface area contributed by atoms with Crippen molar-refractivity contribution < 1.29 is 24.2 Å². The van der Waals surface area contributed by atoms with Gasteiger partial charge in [0.2, 0.25) is 11.7 Å². The van der Waals surface area contributed by atoms with Crippen molar-refractivity contribution in [3.8, 4) is 28.7 Å². The summed E-state index contributed by atoms with van der Waals surface area (Å²) in [6.07, 6.45) is 5.29. The summed E-state index contributed by atoms with van der Waals surface area (Å²) in [5, 5.41) is 29.5. The second kappa shape index (κ2) is 15.2. The Bertz CT molecular complexity index is 2330. The van der Waals surface area contributed by atoms with Gasteiger partial charge in [-0.05, 0) is 91.6 Å². The molecule has 12 nitrogen and oxygen atoms in total. The van der Waals surface area contributed by atoms with E-state index in [-0.39, 0.29) is 17.8 Å². The molecule has 1 aliphatic carbocycles. The van der Waals surface area contributed by atoms with Crippen LogP contribution in [-0.4, -0.2) is 78.2 Å². The summed E-state index contributed by atoms with van der Waals surface area (Å²) in [5.41, 5.74) is 8.25. The Hall–Kier alpha value is -5.06. The van der Waals surface area contributed by atoms with Gasteiger partial charge in [-0.2, -0.15) is 5.26 Å². The van der Waals surface area contributed by atoms with Gasteiger partial charge in [0.25, 0.3) is 0 Å². The summed E-state index contributed by atoms with van der Waals surface area (Å²) in [5.74, 6) is -0.714. The van der Waals surface area contributed by atoms with E-state index in [4.69, 9.17) is 26.2 Å². The lowest BCUT2D eigenvalue weighted by molar-refractivity contribution is -0.142. The van der Waals surface area contributed by atoms with Crippen molar-refractivity contribution in [2.45, 2.75) is 77.1 Å². The van der Waals surface area contributed by atoms with Crippen LogP contribution in [0.3, 0.4) is 0 Å². The molecule has 13 heteroatoms. The number of benzene rings is 3. The molecule has 55 heavy (non-hydrogen) atoms. The number of carbonyl (C=O) groups is 2. The van der Waals surface area contributed by atoms with E-state index >= 15 is 0 Å². The van der Waals surface area contributed by atoms with Gasteiger partial charge in [0.05, 0.1) is 29.0 Å². The molecule has 0 bridgehead atoms. The molecule has 3 aromatic carbocycles. The molecule has 3 aliphatic rings. The highest BCUT2D eigenvalue weighted by atomic mass is 35.5. The Kier molecular flexibility index (Phi) is 10.2. The fourth-order valence-electron chi connectivity index (χ4n) is 8.72. The van der Waals surface area contributed by atoms with Gasteiger partial charge in [-0.3, -0.25) is 19.4 Å². The number of rotatable bonds is 8. The van der Waals surface area contributed by atoms with E-state index < -0.39 is 11.9 Å². The molecular formula is C42H44ClN7O5. The summed E-state index contributed by atoms with van der Waals surface area (Å²) in [7, 11) is 1.86. The van der Waals surface area contributed by atoms with Gasteiger partial charge < -0.3 is 19.2 Å². The number of carboxylic acids is 1. The van der Waals surface area contributed by atoms with Crippen molar-refractivity contribution in [1.29, 1.82) is 5.26 Å². The summed E-state index contributed by atoms with van der Waals surface area (Å²) in [6.45, 7) is 5.48. The van der Waals surface area contributed by atoms with E-state index in [1.165, 1.54) is 0 Å². The smallest absolute Gasteiger partial charge is 0.308 e. The molecule has 1 amide bonds. The number of amides is 1. The standard InChI is InChI=1S/C42H44ClN7O5/c1-25-33(10-5-11-34(25)40-46-35-19-26(18-29(21-44)38(35)55-40)22-48-16-14-32(51)23-48)28-7-4-9-31(20-28)50(43)41(52)39-45-36-24-49(17-15-37(36)47(39)2)30-8-3-6-27(12-13-30)42(53)54/h4-5,7,9-11,18-20,27,30,32,51H,3,6,8,12-17,22-24H2,1-2H3,(H,53,54). The number of nitrogens with zero attached hydrogens (tertiary/aromatic N) is 7. The van der Waals surface area contributed by atoms with Gasteiger partial charge in [0, 0.05) is 75.3 Å². The molecule has 2 fully saturated rings. The molecule has 3 unspecified atom stereocenters. The molecular weight excluding hydrogens is 718 g/mol. The number of aromatic nitrogens is 3. The lowest BCUT2D eigenvalue weighted by Gasteiger charge is -2.33. The molecule has 1 saturated carbocycles. The Balaban J connectivity index is 1.01. The van der Waals surface area contributed by atoms with E-state index in [9.17, 15) is 25.1 Å². The fourth-order valence-corrected chi connectivity index (χ4v) is 8.90. The minimum absolute atomic E-state index is 0.269. The maximum absolute atomic E-state index is 13.9. The molecule has 0 spiro atoms. The second-order valence-corrected chi connectivity index (χ2v) is 15.6. The Morgan fingerprint density at radius 1 is 1.04 bits per heavy atom. The summed E-state index contributed by atoms with van der Waals surface area (Å²) >= 11 is 6.81. The quantitative estimate of drug-likeness (QED) is 0.127. The van der Waals surface area contributed by atoms with Crippen molar-refractivity contribution in [2.24, 2.45) is 13.0 Å². The first-order valence-electron chi connectivity index (χ1n) is 19.0. The van der Waals surface area contributed by atoms with Crippen molar-refractivity contribution in [1.82, 2.24) is 24.3 Å². The number of carboxylic acid groups (broad SMARTS) is 1. The molecule has 284 valence electrons. The predicted molar refractivity (Wildman–Crippen MR) is 208 cm³/mol. The molecule has 2 aliphatic heterocycles. The SMILES string of the molecule is Cc1c(-c2cccc(N(Cl)C(=O)c3nc4c(n3C)CCN(C3CCCC(C(=O)O)CC3)C4)c2)cccc1-c1nc2cc(CN3CCC(O)C3)cc(C#N)c2o1. The van der Waals surface area contributed by atoms with Crippen LogP contribution in [0.15, 0.2) is 59.0 Å². The zero-order valence-corrected chi connectivity index (χ0v) is 31.8. The molecule has 4 heterocycles. The van der Waals surface area contributed by atoms with E-state index in [1.807, 2.05) is 67.1 Å². The highest BCUT2D eigenvalue weighted by molar-refractivity contribution is 6.38. The minimum atomic E-state index is -0.698. The van der Waals surface area contributed by atoms with Crippen LogP contribution >= 0.6 is 11.8 Å². The number of β-amino-alcohol motifs (C(OH)–C–C–N with tert-alkyl or cyclic N) is 1. The maximum atomic E-state index is 13.9. The molecule has 0 radical (unpaired) electrons.